The molecule has 0 amide bonds. The number of carbonyl (C=O) groups is 1. The van der Waals surface area contributed by atoms with Gasteiger partial charge >= 0.3 is 5.97 Å². The molecule has 0 aliphatic carbocycles. The molecule has 0 aliphatic heterocycles. The average molecular weight is 297 g/mol. The minimum absolute atomic E-state index is 0.341. The van der Waals surface area contributed by atoms with Crippen LogP contribution in [0.5, 0.6) is 0 Å². The standard InChI is InChI=1S/C10H10F3NO4S/c1-5-7(11)2-6(10(15)16)3-8(5)19(17,18)14-4-9(12)13/h2-3,9,14H,4H2,1H3,(H,15,16). The van der Waals surface area contributed by atoms with Gasteiger partial charge in [0.15, 0.2) is 0 Å². The van der Waals surface area contributed by atoms with Crippen molar-refractivity contribution in [2.45, 2.75) is 18.2 Å². The van der Waals surface area contributed by atoms with Crippen molar-refractivity contribution in [3.05, 3.63) is 29.1 Å². The highest BCUT2D eigenvalue weighted by Crippen LogP contribution is 2.20. The van der Waals surface area contributed by atoms with E-state index in [2.05, 4.69) is 0 Å². The predicted molar refractivity (Wildman–Crippen MR) is 59.3 cm³/mol. The van der Waals surface area contributed by atoms with E-state index < -0.39 is 45.2 Å². The van der Waals surface area contributed by atoms with Gasteiger partial charge in [-0.25, -0.2) is 31.1 Å². The van der Waals surface area contributed by atoms with Crippen LogP contribution >= 0.6 is 0 Å². The SMILES string of the molecule is Cc1c(F)cc(C(=O)O)cc1S(=O)(=O)NCC(F)F. The Morgan fingerprint density at radius 3 is 2.47 bits per heavy atom. The highest BCUT2D eigenvalue weighted by atomic mass is 32.2. The molecule has 1 rings (SSSR count). The van der Waals surface area contributed by atoms with Crippen molar-refractivity contribution in [3.8, 4) is 0 Å². The Bertz CT molecular complexity index is 601. The van der Waals surface area contributed by atoms with Crippen LogP contribution in [0.3, 0.4) is 0 Å². The predicted octanol–water partition coefficient (Wildman–Crippen LogP) is 1.38. The van der Waals surface area contributed by atoms with Crippen LogP contribution in [0.15, 0.2) is 17.0 Å². The molecule has 9 heteroatoms. The van der Waals surface area contributed by atoms with Crippen LogP contribution in [-0.2, 0) is 10.0 Å². The number of nitrogens with one attached hydrogen (secondary N) is 1. The first-order valence-electron chi connectivity index (χ1n) is 4.96. The maximum atomic E-state index is 13.4. The highest BCUT2D eigenvalue weighted by molar-refractivity contribution is 7.89. The monoisotopic (exact) mass is 297 g/mol. The molecule has 0 saturated heterocycles. The van der Waals surface area contributed by atoms with Crippen molar-refractivity contribution in [1.82, 2.24) is 4.72 Å². The first kappa shape index (κ1) is 15.4. The van der Waals surface area contributed by atoms with Crippen molar-refractivity contribution in [2.24, 2.45) is 0 Å². The number of sulfonamides is 1. The molecule has 0 aliphatic rings. The molecule has 106 valence electrons. The second-order valence-corrected chi connectivity index (χ2v) is 5.36. The first-order valence-corrected chi connectivity index (χ1v) is 6.44. The quantitative estimate of drug-likeness (QED) is 0.860. The minimum Gasteiger partial charge on any atom is -0.478 e. The summed E-state index contributed by atoms with van der Waals surface area (Å²) in [6.07, 6.45) is -2.91. The fourth-order valence-electron chi connectivity index (χ4n) is 1.31. The summed E-state index contributed by atoms with van der Waals surface area (Å²) in [5.74, 6) is -2.57. The van der Waals surface area contributed by atoms with E-state index in [9.17, 15) is 26.4 Å². The lowest BCUT2D eigenvalue weighted by atomic mass is 10.1. The zero-order valence-corrected chi connectivity index (χ0v) is 10.5. The maximum absolute atomic E-state index is 13.4. The Morgan fingerprint density at radius 1 is 1.42 bits per heavy atom. The third-order valence-corrected chi connectivity index (χ3v) is 3.81. The van der Waals surface area contributed by atoms with E-state index in [4.69, 9.17) is 5.11 Å². The zero-order chi connectivity index (χ0) is 14.8. The van der Waals surface area contributed by atoms with Gasteiger partial charge in [0.2, 0.25) is 10.0 Å². The van der Waals surface area contributed by atoms with Gasteiger partial charge in [-0.2, -0.15) is 0 Å². The number of benzene rings is 1. The molecule has 0 heterocycles. The third-order valence-electron chi connectivity index (χ3n) is 2.26. The maximum Gasteiger partial charge on any atom is 0.335 e. The summed E-state index contributed by atoms with van der Waals surface area (Å²) in [7, 11) is -4.40. The molecule has 1 aromatic carbocycles. The van der Waals surface area contributed by atoms with Crippen molar-refractivity contribution < 1.29 is 31.5 Å². The summed E-state index contributed by atoms with van der Waals surface area (Å²) in [6.45, 7) is -0.0292. The van der Waals surface area contributed by atoms with Gasteiger partial charge in [-0.1, -0.05) is 0 Å². The Labute approximate surface area is 107 Å². The van der Waals surface area contributed by atoms with Crippen molar-refractivity contribution >= 4 is 16.0 Å². The second kappa shape index (κ2) is 5.57. The number of rotatable bonds is 5. The largest absolute Gasteiger partial charge is 0.478 e. The normalized spacial score (nSPS) is 11.8. The highest BCUT2D eigenvalue weighted by Gasteiger charge is 2.22. The second-order valence-electron chi connectivity index (χ2n) is 3.63. The molecule has 0 unspecified atom stereocenters. The van der Waals surface area contributed by atoms with Gasteiger partial charge in [0.05, 0.1) is 17.0 Å². The van der Waals surface area contributed by atoms with Crippen LogP contribution in [0.25, 0.3) is 0 Å². The summed E-state index contributed by atoms with van der Waals surface area (Å²) in [4.78, 5) is 10.0. The van der Waals surface area contributed by atoms with Crippen LogP contribution in [-0.4, -0.2) is 32.5 Å². The molecule has 0 radical (unpaired) electrons. The Balaban J connectivity index is 3.29. The lowest BCUT2D eigenvalue weighted by molar-refractivity contribution is 0.0696. The molecule has 5 nitrogen and oxygen atoms in total. The van der Waals surface area contributed by atoms with Gasteiger partial charge in [-0.05, 0) is 19.1 Å². The summed E-state index contributed by atoms with van der Waals surface area (Å²) in [5, 5.41) is 8.71. The number of aromatic carboxylic acids is 1. The number of carboxylic acids is 1. The molecule has 0 atom stereocenters. The Hall–Kier alpha value is -1.61. The smallest absolute Gasteiger partial charge is 0.335 e. The Kier molecular flexibility index (Phi) is 4.53. The molecule has 0 bridgehead atoms. The number of halogens is 3. The van der Waals surface area contributed by atoms with Crippen molar-refractivity contribution in [1.29, 1.82) is 0 Å². The average Bonchev–Trinajstić information content (AvgIpc) is 2.29. The first-order chi connectivity index (χ1) is 8.65. The van der Waals surface area contributed by atoms with Crippen molar-refractivity contribution in [2.75, 3.05) is 6.54 Å². The van der Waals surface area contributed by atoms with Crippen molar-refractivity contribution in [3.63, 3.8) is 0 Å². The fraction of sp³-hybridized carbons (Fsp3) is 0.300. The van der Waals surface area contributed by atoms with E-state index in [0.29, 0.717) is 12.1 Å². The molecule has 2 N–H and O–H groups in total. The molecule has 19 heavy (non-hydrogen) atoms. The topological polar surface area (TPSA) is 83.5 Å². The van der Waals surface area contributed by atoms with E-state index in [0.717, 1.165) is 6.92 Å². The van der Waals surface area contributed by atoms with Gasteiger partial charge in [-0.3, -0.25) is 0 Å². The molecule has 1 aromatic rings. The Morgan fingerprint density at radius 2 is 2.00 bits per heavy atom. The summed E-state index contributed by atoms with van der Waals surface area (Å²) in [6, 6.07) is 1.37. The van der Waals surface area contributed by atoms with Crippen LogP contribution in [0.2, 0.25) is 0 Å². The number of hydrogen-bond donors (Lipinski definition) is 2. The lowest BCUT2D eigenvalue weighted by Crippen LogP contribution is -2.29. The van der Waals surface area contributed by atoms with E-state index in [-0.39, 0.29) is 5.56 Å². The molecular weight excluding hydrogens is 287 g/mol. The summed E-state index contributed by atoms with van der Waals surface area (Å²) >= 11 is 0. The van der Waals surface area contributed by atoms with E-state index in [1.54, 1.807) is 4.72 Å². The third kappa shape index (κ3) is 3.67. The summed E-state index contributed by atoms with van der Waals surface area (Å²) in [5.41, 5.74) is -0.924. The van der Waals surface area contributed by atoms with E-state index in [1.165, 1.54) is 0 Å². The number of alkyl halides is 2. The summed E-state index contributed by atoms with van der Waals surface area (Å²) < 4.78 is 62.3. The van der Waals surface area contributed by atoms with Gasteiger partial charge in [0.25, 0.3) is 6.43 Å². The van der Waals surface area contributed by atoms with Crippen LogP contribution in [0, 0.1) is 12.7 Å². The number of hydrogen-bond acceptors (Lipinski definition) is 3. The van der Waals surface area contributed by atoms with Gasteiger partial charge < -0.3 is 5.11 Å². The van der Waals surface area contributed by atoms with E-state index in [1.807, 2.05) is 0 Å². The minimum atomic E-state index is -4.40. The molecule has 0 fully saturated rings. The number of carboxylic acid groups (broad SMARTS) is 1. The van der Waals surface area contributed by atoms with Gasteiger partial charge in [-0.15, -0.1) is 0 Å². The van der Waals surface area contributed by atoms with Crippen LogP contribution in [0.1, 0.15) is 15.9 Å². The van der Waals surface area contributed by atoms with Gasteiger partial charge in [0, 0.05) is 5.56 Å². The van der Waals surface area contributed by atoms with Crippen LogP contribution in [0.4, 0.5) is 13.2 Å². The molecule has 0 spiro atoms. The lowest BCUT2D eigenvalue weighted by Gasteiger charge is -2.10. The zero-order valence-electron chi connectivity index (χ0n) is 9.65. The molecule has 0 saturated carbocycles. The van der Waals surface area contributed by atoms with Crippen LogP contribution < -0.4 is 4.72 Å². The van der Waals surface area contributed by atoms with Gasteiger partial charge in [0.1, 0.15) is 5.82 Å². The fourth-order valence-corrected chi connectivity index (χ4v) is 2.59. The molecular formula is C10H10F3NO4S. The molecule has 0 aromatic heterocycles. The van der Waals surface area contributed by atoms with E-state index >= 15 is 0 Å².